The van der Waals surface area contributed by atoms with Crippen LogP contribution in [0.15, 0.2) is 12.3 Å². The lowest BCUT2D eigenvalue weighted by molar-refractivity contribution is 0.122. The van der Waals surface area contributed by atoms with E-state index in [1.807, 2.05) is 6.07 Å². The van der Waals surface area contributed by atoms with Gasteiger partial charge in [0.25, 0.3) is 0 Å². The predicted molar refractivity (Wildman–Crippen MR) is 51.1 cm³/mol. The van der Waals surface area contributed by atoms with Crippen LogP contribution in [0.5, 0.6) is 0 Å². The molecule has 69 valence electrons. The van der Waals surface area contributed by atoms with Crippen molar-refractivity contribution in [3.05, 3.63) is 23.5 Å². The number of morpholine rings is 1. The molecule has 0 atom stereocenters. The molecule has 1 radical (unpaired) electrons. The molecule has 4 heteroatoms. The highest BCUT2D eigenvalue weighted by Gasteiger charge is 2.11. The molecule has 0 unspecified atom stereocenters. The van der Waals surface area contributed by atoms with Crippen LogP contribution in [0.2, 0.25) is 5.15 Å². The predicted octanol–water partition coefficient (Wildman–Crippen LogP) is 1.37. The van der Waals surface area contributed by atoms with Crippen LogP contribution in [0.25, 0.3) is 0 Å². The SMILES string of the molecule is Clc1cc(N2CCOCC2)[c]cn1. The molecule has 1 aromatic rings. The van der Waals surface area contributed by atoms with Gasteiger partial charge in [0.1, 0.15) is 5.15 Å². The summed E-state index contributed by atoms with van der Waals surface area (Å²) in [6, 6.07) is 4.88. The van der Waals surface area contributed by atoms with Gasteiger partial charge in [-0.25, -0.2) is 4.98 Å². The van der Waals surface area contributed by atoms with Crippen LogP contribution in [-0.2, 0) is 4.74 Å². The first-order valence-electron chi connectivity index (χ1n) is 4.22. The van der Waals surface area contributed by atoms with Gasteiger partial charge in [-0.3, -0.25) is 0 Å². The third kappa shape index (κ3) is 2.11. The average molecular weight is 198 g/mol. The fourth-order valence-electron chi connectivity index (χ4n) is 1.34. The van der Waals surface area contributed by atoms with Crippen LogP contribution in [0.4, 0.5) is 5.69 Å². The second-order valence-electron chi connectivity index (χ2n) is 2.85. The highest BCUT2D eigenvalue weighted by Crippen LogP contribution is 2.17. The third-order valence-electron chi connectivity index (χ3n) is 2.01. The number of pyridine rings is 1. The number of hydrogen-bond acceptors (Lipinski definition) is 3. The standard InChI is InChI=1S/C9H10ClN2O/c10-9-7-8(1-2-11-9)12-3-5-13-6-4-12/h2,7H,3-6H2. The van der Waals surface area contributed by atoms with Crippen molar-refractivity contribution >= 4 is 17.3 Å². The van der Waals surface area contributed by atoms with Gasteiger partial charge in [0.2, 0.25) is 0 Å². The molecule has 0 saturated carbocycles. The lowest BCUT2D eigenvalue weighted by Crippen LogP contribution is -2.36. The van der Waals surface area contributed by atoms with E-state index in [0.717, 1.165) is 32.0 Å². The molecule has 2 heterocycles. The zero-order valence-corrected chi connectivity index (χ0v) is 7.92. The van der Waals surface area contributed by atoms with Gasteiger partial charge in [0, 0.05) is 31.0 Å². The van der Waals surface area contributed by atoms with Crippen molar-refractivity contribution in [1.82, 2.24) is 4.98 Å². The molecule has 0 amide bonds. The smallest absolute Gasteiger partial charge is 0.131 e. The topological polar surface area (TPSA) is 25.4 Å². The van der Waals surface area contributed by atoms with Crippen molar-refractivity contribution in [2.24, 2.45) is 0 Å². The maximum Gasteiger partial charge on any atom is 0.131 e. The van der Waals surface area contributed by atoms with Gasteiger partial charge in [0.15, 0.2) is 0 Å². The Bertz CT molecular complexity index is 287. The van der Waals surface area contributed by atoms with E-state index >= 15 is 0 Å². The zero-order valence-electron chi connectivity index (χ0n) is 7.16. The van der Waals surface area contributed by atoms with Crippen molar-refractivity contribution in [2.45, 2.75) is 0 Å². The van der Waals surface area contributed by atoms with Crippen LogP contribution in [0.3, 0.4) is 0 Å². The second-order valence-corrected chi connectivity index (χ2v) is 3.24. The summed E-state index contributed by atoms with van der Waals surface area (Å²) in [6.45, 7) is 3.34. The van der Waals surface area contributed by atoms with Gasteiger partial charge >= 0.3 is 0 Å². The van der Waals surface area contributed by atoms with E-state index in [-0.39, 0.29) is 0 Å². The Labute approximate surface area is 82.3 Å². The first kappa shape index (κ1) is 8.78. The summed E-state index contributed by atoms with van der Waals surface area (Å²) in [6.07, 6.45) is 1.60. The molecule has 0 aromatic carbocycles. The Kier molecular flexibility index (Phi) is 2.66. The number of anilines is 1. The van der Waals surface area contributed by atoms with Crippen molar-refractivity contribution in [1.29, 1.82) is 0 Å². The highest BCUT2D eigenvalue weighted by molar-refractivity contribution is 6.29. The van der Waals surface area contributed by atoms with Gasteiger partial charge in [-0.15, -0.1) is 0 Å². The number of rotatable bonds is 1. The monoisotopic (exact) mass is 197 g/mol. The number of ether oxygens (including phenoxy) is 1. The maximum atomic E-state index is 5.78. The molecule has 1 aromatic heterocycles. The Morgan fingerprint density at radius 3 is 2.92 bits per heavy atom. The van der Waals surface area contributed by atoms with Crippen molar-refractivity contribution in [3.63, 3.8) is 0 Å². The second kappa shape index (κ2) is 3.94. The van der Waals surface area contributed by atoms with E-state index in [2.05, 4.69) is 16.0 Å². The minimum atomic E-state index is 0.514. The van der Waals surface area contributed by atoms with Crippen molar-refractivity contribution in [3.8, 4) is 0 Å². The van der Waals surface area contributed by atoms with Crippen LogP contribution in [0, 0.1) is 6.07 Å². The fourth-order valence-corrected chi connectivity index (χ4v) is 1.49. The molecule has 13 heavy (non-hydrogen) atoms. The van der Waals surface area contributed by atoms with E-state index in [0.29, 0.717) is 5.15 Å². The summed E-state index contributed by atoms with van der Waals surface area (Å²) in [5.74, 6) is 0. The van der Waals surface area contributed by atoms with Crippen LogP contribution >= 0.6 is 11.6 Å². The summed E-state index contributed by atoms with van der Waals surface area (Å²) in [5.41, 5.74) is 1.00. The molecular weight excluding hydrogens is 188 g/mol. The van der Waals surface area contributed by atoms with Crippen LogP contribution in [0.1, 0.15) is 0 Å². The van der Waals surface area contributed by atoms with Gasteiger partial charge in [0.05, 0.1) is 13.2 Å². The van der Waals surface area contributed by atoms with Gasteiger partial charge in [-0.05, 0) is 6.07 Å². The number of aromatic nitrogens is 1. The molecule has 1 fully saturated rings. The number of halogens is 1. The van der Waals surface area contributed by atoms with Gasteiger partial charge in [-0.2, -0.15) is 0 Å². The van der Waals surface area contributed by atoms with E-state index in [9.17, 15) is 0 Å². The van der Waals surface area contributed by atoms with Crippen LogP contribution < -0.4 is 4.90 Å². The van der Waals surface area contributed by atoms with E-state index in [4.69, 9.17) is 16.3 Å². The normalized spacial score (nSPS) is 17.5. The summed E-state index contributed by atoms with van der Waals surface area (Å²) >= 11 is 5.78. The molecule has 0 aliphatic carbocycles. The minimum Gasteiger partial charge on any atom is -0.378 e. The lowest BCUT2D eigenvalue weighted by atomic mass is 10.3. The molecule has 1 aliphatic rings. The summed E-state index contributed by atoms with van der Waals surface area (Å²) in [4.78, 5) is 6.08. The molecule has 3 nitrogen and oxygen atoms in total. The highest BCUT2D eigenvalue weighted by atomic mass is 35.5. The Hall–Kier alpha value is -0.800. The number of nitrogens with zero attached hydrogens (tertiary/aromatic N) is 2. The van der Waals surface area contributed by atoms with E-state index in [1.54, 1.807) is 6.20 Å². The van der Waals surface area contributed by atoms with E-state index in [1.165, 1.54) is 0 Å². The first-order chi connectivity index (χ1) is 6.36. The Morgan fingerprint density at radius 1 is 1.46 bits per heavy atom. The molecule has 1 aliphatic heterocycles. The van der Waals surface area contributed by atoms with Gasteiger partial charge < -0.3 is 9.64 Å². The van der Waals surface area contributed by atoms with Crippen molar-refractivity contribution < 1.29 is 4.74 Å². The zero-order chi connectivity index (χ0) is 9.10. The van der Waals surface area contributed by atoms with Gasteiger partial charge in [-0.1, -0.05) is 11.6 Å². The molecule has 0 bridgehead atoms. The Balaban J connectivity index is 2.14. The quantitative estimate of drug-likeness (QED) is 0.636. The molecule has 2 rings (SSSR count). The summed E-state index contributed by atoms with van der Waals surface area (Å²) < 4.78 is 5.25. The summed E-state index contributed by atoms with van der Waals surface area (Å²) in [5, 5.41) is 0.514. The average Bonchev–Trinajstić information content (AvgIpc) is 2.19. The lowest BCUT2D eigenvalue weighted by Gasteiger charge is -2.28. The van der Waals surface area contributed by atoms with Crippen LogP contribution in [-0.4, -0.2) is 31.3 Å². The minimum absolute atomic E-state index is 0.514. The largest absolute Gasteiger partial charge is 0.378 e. The van der Waals surface area contributed by atoms with E-state index < -0.39 is 0 Å². The fraction of sp³-hybridized carbons (Fsp3) is 0.444. The first-order valence-corrected chi connectivity index (χ1v) is 4.60. The third-order valence-corrected chi connectivity index (χ3v) is 2.21. The number of hydrogen-bond donors (Lipinski definition) is 0. The molecule has 1 saturated heterocycles. The maximum absolute atomic E-state index is 5.78. The molecule has 0 N–H and O–H groups in total. The Morgan fingerprint density at radius 2 is 2.23 bits per heavy atom. The van der Waals surface area contributed by atoms with Crippen molar-refractivity contribution in [2.75, 3.05) is 31.2 Å². The molecular formula is C9H10ClN2O. The summed E-state index contributed by atoms with van der Waals surface area (Å²) in [7, 11) is 0. The molecule has 0 spiro atoms.